The highest BCUT2D eigenvalue weighted by Crippen LogP contribution is 2.28. The highest BCUT2D eigenvalue weighted by atomic mass is 16.6. The third-order valence-electron chi connectivity index (χ3n) is 2.46. The molecule has 98 valence electrons. The van der Waals surface area contributed by atoms with Crippen LogP contribution < -0.4 is 11.1 Å². The molecule has 18 heavy (non-hydrogen) atoms. The minimum Gasteiger partial charge on any atom is -0.508 e. The molecular formula is C11H15N3O4. The number of amides is 1. The predicted molar refractivity (Wildman–Crippen MR) is 66.2 cm³/mol. The molecule has 1 aromatic rings. The summed E-state index contributed by atoms with van der Waals surface area (Å²) in [4.78, 5) is 21.8. The van der Waals surface area contributed by atoms with E-state index in [1.807, 2.05) is 0 Å². The zero-order valence-electron chi connectivity index (χ0n) is 10.1. The number of aromatic hydroxyl groups is 1. The number of nitro groups is 1. The van der Waals surface area contributed by atoms with Gasteiger partial charge in [0.25, 0.3) is 5.69 Å². The molecule has 0 fully saturated rings. The zero-order valence-corrected chi connectivity index (χ0v) is 10.1. The summed E-state index contributed by atoms with van der Waals surface area (Å²) < 4.78 is 0. The number of rotatable bonds is 4. The predicted octanol–water partition coefficient (Wildman–Crippen LogP) is 1.22. The molecule has 0 saturated heterocycles. The molecule has 0 bridgehead atoms. The number of nitrogens with zero attached hydrogens (tertiary/aromatic N) is 1. The molecule has 4 N–H and O–H groups in total. The van der Waals surface area contributed by atoms with Crippen LogP contribution in [0.5, 0.6) is 5.75 Å². The number of nitro benzene ring substituents is 1. The van der Waals surface area contributed by atoms with Crippen LogP contribution in [0.1, 0.15) is 13.8 Å². The van der Waals surface area contributed by atoms with Crippen molar-refractivity contribution in [2.45, 2.75) is 19.9 Å². The summed E-state index contributed by atoms with van der Waals surface area (Å²) in [6.45, 7) is 3.55. The largest absolute Gasteiger partial charge is 0.508 e. The average molecular weight is 253 g/mol. The van der Waals surface area contributed by atoms with E-state index in [9.17, 15) is 20.0 Å². The fraction of sp³-hybridized carbons (Fsp3) is 0.364. The van der Waals surface area contributed by atoms with Crippen molar-refractivity contribution in [3.63, 3.8) is 0 Å². The molecule has 1 rings (SSSR count). The number of carbonyl (C=O) groups excluding carboxylic acids is 1. The van der Waals surface area contributed by atoms with Gasteiger partial charge in [-0.1, -0.05) is 13.8 Å². The molecule has 0 spiro atoms. The summed E-state index contributed by atoms with van der Waals surface area (Å²) in [5, 5.41) is 22.3. The number of nitrogens with two attached hydrogens (primary N) is 1. The van der Waals surface area contributed by atoms with Gasteiger partial charge in [-0.05, 0) is 18.1 Å². The maximum absolute atomic E-state index is 11.7. The molecule has 0 saturated carbocycles. The van der Waals surface area contributed by atoms with Crippen LogP contribution in [0.2, 0.25) is 0 Å². The third kappa shape index (κ3) is 3.17. The summed E-state index contributed by atoms with van der Waals surface area (Å²) in [5.74, 6) is -0.826. The van der Waals surface area contributed by atoms with E-state index >= 15 is 0 Å². The van der Waals surface area contributed by atoms with Gasteiger partial charge in [-0.15, -0.1) is 0 Å². The van der Waals surface area contributed by atoms with E-state index < -0.39 is 16.9 Å². The Hall–Kier alpha value is -2.15. The van der Waals surface area contributed by atoms with E-state index in [2.05, 4.69) is 5.32 Å². The van der Waals surface area contributed by atoms with Crippen molar-refractivity contribution in [3.05, 3.63) is 28.3 Å². The first-order valence-electron chi connectivity index (χ1n) is 5.36. The number of nitrogens with one attached hydrogen (secondary N) is 1. The second-order valence-corrected chi connectivity index (χ2v) is 4.22. The molecule has 1 atom stereocenters. The van der Waals surface area contributed by atoms with E-state index in [1.54, 1.807) is 13.8 Å². The van der Waals surface area contributed by atoms with Gasteiger partial charge < -0.3 is 16.2 Å². The van der Waals surface area contributed by atoms with Crippen molar-refractivity contribution in [3.8, 4) is 5.75 Å². The van der Waals surface area contributed by atoms with Crippen LogP contribution in [0.25, 0.3) is 0 Å². The van der Waals surface area contributed by atoms with Gasteiger partial charge in [0.15, 0.2) is 0 Å². The molecule has 0 aliphatic carbocycles. The lowest BCUT2D eigenvalue weighted by atomic mass is 10.0. The van der Waals surface area contributed by atoms with Gasteiger partial charge in [0.05, 0.1) is 17.0 Å². The van der Waals surface area contributed by atoms with Gasteiger partial charge >= 0.3 is 0 Å². The molecular weight excluding hydrogens is 238 g/mol. The highest BCUT2D eigenvalue weighted by molar-refractivity contribution is 5.96. The van der Waals surface area contributed by atoms with Crippen LogP contribution in [0.15, 0.2) is 18.2 Å². The lowest BCUT2D eigenvalue weighted by Gasteiger charge is -2.15. The van der Waals surface area contributed by atoms with Gasteiger partial charge in [0, 0.05) is 0 Å². The molecule has 0 aliphatic rings. The van der Waals surface area contributed by atoms with Crippen molar-refractivity contribution in [1.29, 1.82) is 0 Å². The minimum absolute atomic E-state index is 0.0129. The summed E-state index contributed by atoms with van der Waals surface area (Å²) in [5.41, 5.74) is 5.27. The third-order valence-corrected chi connectivity index (χ3v) is 2.46. The Kier molecular flexibility index (Phi) is 4.22. The summed E-state index contributed by atoms with van der Waals surface area (Å²) >= 11 is 0. The SMILES string of the molecule is CC(C)[C@@H](N)C(=O)Nc1ccc(O)cc1[N+](=O)[O-]. The smallest absolute Gasteiger partial charge is 0.296 e. The Morgan fingerprint density at radius 2 is 2.11 bits per heavy atom. The van der Waals surface area contributed by atoms with Crippen LogP contribution in [0, 0.1) is 16.0 Å². The van der Waals surface area contributed by atoms with Gasteiger partial charge in [0.1, 0.15) is 11.4 Å². The standard InChI is InChI=1S/C11H15N3O4/c1-6(2)10(12)11(16)13-8-4-3-7(15)5-9(8)14(17)18/h3-6,10,15H,12H2,1-2H3,(H,13,16)/t10-/m1/s1. The van der Waals surface area contributed by atoms with Gasteiger partial charge in [0.2, 0.25) is 5.91 Å². The second-order valence-electron chi connectivity index (χ2n) is 4.22. The van der Waals surface area contributed by atoms with E-state index in [-0.39, 0.29) is 23.0 Å². The number of hydrogen-bond acceptors (Lipinski definition) is 5. The fourth-order valence-corrected chi connectivity index (χ4v) is 1.30. The van der Waals surface area contributed by atoms with Crippen LogP contribution in [0.4, 0.5) is 11.4 Å². The lowest BCUT2D eigenvalue weighted by Crippen LogP contribution is -2.39. The molecule has 1 aromatic carbocycles. The summed E-state index contributed by atoms with van der Waals surface area (Å²) in [7, 11) is 0. The fourth-order valence-electron chi connectivity index (χ4n) is 1.30. The Bertz CT molecular complexity index is 473. The monoisotopic (exact) mass is 253 g/mol. The second kappa shape index (κ2) is 5.46. The maximum atomic E-state index is 11.7. The van der Waals surface area contributed by atoms with E-state index in [0.29, 0.717) is 0 Å². The number of carbonyl (C=O) groups is 1. The van der Waals surface area contributed by atoms with Gasteiger partial charge in [-0.3, -0.25) is 14.9 Å². The number of anilines is 1. The van der Waals surface area contributed by atoms with Crippen molar-refractivity contribution in [2.75, 3.05) is 5.32 Å². The topological polar surface area (TPSA) is 118 Å². The van der Waals surface area contributed by atoms with Gasteiger partial charge in [-0.2, -0.15) is 0 Å². The van der Waals surface area contributed by atoms with Crippen molar-refractivity contribution in [1.82, 2.24) is 0 Å². The van der Waals surface area contributed by atoms with Crippen LogP contribution in [-0.2, 0) is 4.79 Å². The molecule has 0 heterocycles. The quantitative estimate of drug-likeness (QED) is 0.423. The minimum atomic E-state index is -0.751. The zero-order chi connectivity index (χ0) is 13.9. The van der Waals surface area contributed by atoms with Crippen molar-refractivity contribution in [2.24, 2.45) is 11.7 Å². The average Bonchev–Trinajstić information content (AvgIpc) is 2.29. The first kappa shape index (κ1) is 13.9. The lowest BCUT2D eigenvalue weighted by molar-refractivity contribution is -0.384. The summed E-state index contributed by atoms with van der Waals surface area (Å²) in [6, 6.07) is 2.73. The maximum Gasteiger partial charge on any atom is 0.296 e. The first-order valence-corrected chi connectivity index (χ1v) is 5.36. The Morgan fingerprint density at radius 3 is 2.61 bits per heavy atom. The summed E-state index contributed by atoms with van der Waals surface area (Å²) in [6.07, 6.45) is 0. The molecule has 0 radical (unpaired) electrons. The van der Waals surface area contributed by atoms with Crippen molar-refractivity contribution < 1.29 is 14.8 Å². The van der Waals surface area contributed by atoms with Crippen LogP contribution >= 0.6 is 0 Å². The molecule has 0 aliphatic heterocycles. The molecule has 1 amide bonds. The molecule has 7 nitrogen and oxygen atoms in total. The highest BCUT2D eigenvalue weighted by Gasteiger charge is 2.21. The molecule has 0 unspecified atom stereocenters. The van der Waals surface area contributed by atoms with E-state index in [1.165, 1.54) is 12.1 Å². The number of phenols is 1. The number of hydrogen-bond donors (Lipinski definition) is 3. The van der Waals surface area contributed by atoms with Crippen molar-refractivity contribution >= 4 is 17.3 Å². The first-order chi connectivity index (χ1) is 8.32. The van der Waals surface area contributed by atoms with Crippen LogP contribution in [0.3, 0.4) is 0 Å². The normalized spacial score (nSPS) is 12.2. The number of phenolic OH excluding ortho intramolecular Hbond substituents is 1. The van der Waals surface area contributed by atoms with E-state index in [0.717, 1.165) is 6.07 Å². The Balaban J connectivity index is 2.98. The number of benzene rings is 1. The van der Waals surface area contributed by atoms with Crippen LogP contribution in [-0.4, -0.2) is 22.0 Å². The molecule has 7 heteroatoms. The van der Waals surface area contributed by atoms with E-state index in [4.69, 9.17) is 5.73 Å². The van der Waals surface area contributed by atoms with Gasteiger partial charge in [-0.25, -0.2) is 0 Å². The molecule has 0 aromatic heterocycles. The Morgan fingerprint density at radius 1 is 1.50 bits per heavy atom. The Labute approximate surface area is 104 Å².